The molecule has 1 aromatic carbocycles. The highest BCUT2D eigenvalue weighted by Crippen LogP contribution is 2.09. The van der Waals surface area contributed by atoms with Gasteiger partial charge >= 0.3 is 5.97 Å². The summed E-state index contributed by atoms with van der Waals surface area (Å²) in [6.07, 6.45) is 3.60. The number of carbonyl (C=O) groups is 1. The highest BCUT2D eigenvalue weighted by Gasteiger charge is 2.21. The van der Waals surface area contributed by atoms with E-state index in [4.69, 9.17) is 4.74 Å². The Kier molecular flexibility index (Phi) is 4.69. The summed E-state index contributed by atoms with van der Waals surface area (Å²) in [6.45, 7) is 0.606. The molecule has 5 nitrogen and oxygen atoms in total. The average molecular weight is 258 g/mol. The zero-order valence-corrected chi connectivity index (χ0v) is 10.7. The molecular weight excluding hydrogens is 242 g/mol. The molecule has 0 aromatic heterocycles. The molecule has 1 heterocycles. The highest BCUT2D eigenvalue weighted by molar-refractivity contribution is 5.76. The summed E-state index contributed by atoms with van der Waals surface area (Å²) in [6, 6.07) is 9.48. The molecule has 1 aliphatic rings. The van der Waals surface area contributed by atoms with E-state index in [1.165, 1.54) is 13.4 Å². The van der Waals surface area contributed by atoms with Gasteiger partial charge in [-0.15, -0.1) is 0 Å². The summed E-state index contributed by atoms with van der Waals surface area (Å²) in [7, 11) is 1.39. The predicted octanol–water partition coefficient (Wildman–Crippen LogP) is 1.20. The van der Waals surface area contributed by atoms with Gasteiger partial charge in [0.25, 0.3) is 0 Å². The van der Waals surface area contributed by atoms with Crippen LogP contribution in [0.2, 0.25) is 0 Å². The molecule has 99 valence electrons. The summed E-state index contributed by atoms with van der Waals surface area (Å²) in [5, 5.41) is 7.25. The molecule has 0 amide bonds. The summed E-state index contributed by atoms with van der Waals surface area (Å²) >= 11 is 0. The molecule has 0 fully saturated rings. The number of nitrogens with one attached hydrogen (secondary N) is 1. The van der Waals surface area contributed by atoms with E-state index in [1.54, 1.807) is 6.20 Å². The molecule has 1 atom stereocenters. The van der Waals surface area contributed by atoms with Crippen molar-refractivity contribution in [3.63, 3.8) is 0 Å². The van der Waals surface area contributed by atoms with E-state index >= 15 is 0 Å². The first-order chi connectivity index (χ1) is 9.29. The molecule has 1 aromatic rings. The summed E-state index contributed by atoms with van der Waals surface area (Å²) in [5.41, 5.74) is 1.89. The molecule has 19 heavy (non-hydrogen) atoms. The maximum absolute atomic E-state index is 11.7. The van der Waals surface area contributed by atoms with Crippen molar-refractivity contribution in [2.45, 2.75) is 19.0 Å². The minimum atomic E-state index is -0.415. The van der Waals surface area contributed by atoms with Crippen LogP contribution in [0, 0.1) is 0 Å². The fourth-order valence-corrected chi connectivity index (χ4v) is 1.79. The lowest BCUT2D eigenvalue weighted by molar-refractivity contribution is -0.143. The van der Waals surface area contributed by atoms with Crippen LogP contribution in [0.3, 0.4) is 0 Å². The Balaban J connectivity index is 1.92. The van der Waals surface area contributed by atoms with Crippen molar-refractivity contribution in [1.29, 1.82) is 0 Å². The quantitative estimate of drug-likeness (QED) is 0.780. The molecule has 0 spiro atoms. The van der Waals surface area contributed by atoms with Gasteiger partial charge in [-0.25, -0.2) is 10.3 Å². The number of hydrogen-bond donors (Lipinski definition) is 1. The number of ether oxygens (including phenoxy) is 1. The Labute approximate surface area is 112 Å². The number of aliphatic imine (C=N–C) groups is 1. The first-order valence-electron chi connectivity index (χ1n) is 6.06. The molecule has 0 saturated heterocycles. The van der Waals surface area contributed by atoms with Crippen molar-refractivity contribution in [3.05, 3.63) is 47.8 Å². The Bertz CT molecular complexity index is 483. The predicted molar refractivity (Wildman–Crippen MR) is 72.4 cm³/mol. The average Bonchev–Trinajstić information content (AvgIpc) is 2.96. The second-order valence-electron chi connectivity index (χ2n) is 4.16. The van der Waals surface area contributed by atoms with Gasteiger partial charge in [0.15, 0.2) is 0 Å². The Morgan fingerprint density at radius 3 is 2.79 bits per heavy atom. The zero-order chi connectivity index (χ0) is 13.5. The highest BCUT2D eigenvalue weighted by atomic mass is 16.5. The second kappa shape index (κ2) is 6.70. The van der Waals surface area contributed by atoms with Gasteiger partial charge in [-0.2, -0.15) is 0 Å². The van der Waals surface area contributed by atoms with E-state index in [9.17, 15) is 4.79 Å². The summed E-state index contributed by atoms with van der Waals surface area (Å²) < 4.78 is 4.80. The minimum Gasteiger partial charge on any atom is -0.468 e. The van der Waals surface area contributed by atoms with E-state index in [2.05, 4.69) is 15.6 Å². The van der Waals surface area contributed by atoms with Gasteiger partial charge in [0.1, 0.15) is 12.4 Å². The van der Waals surface area contributed by atoms with Crippen molar-refractivity contribution < 1.29 is 9.53 Å². The third-order valence-electron chi connectivity index (χ3n) is 2.81. The fraction of sp³-hybridized carbons (Fsp3) is 0.286. The Morgan fingerprint density at radius 1 is 1.37 bits per heavy atom. The number of methoxy groups -OCH3 is 1. The number of rotatable bonds is 6. The van der Waals surface area contributed by atoms with Crippen LogP contribution in [-0.2, 0) is 16.1 Å². The molecule has 1 N–H and O–H groups in total. The maximum atomic E-state index is 11.7. The van der Waals surface area contributed by atoms with Gasteiger partial charge in [0.2, 0.25) is 0 Å². The van der Waals surface area contributed by atoms with Crippen LogP contribution in [0.15, 0.2) is 47.2 Å². The van der Waals surface area contributed by atoms with E-state index in [1.807, 2.05) is 30.3 Å². The largest absolute Gasteiger partial charge is 0.468 e. The lowest BCUT2D eigenvalue weighted by Crippen LogP contribution is -2.38. The lowest BCUT2D eigenvalue weighted by atomic mass is 10.1. The van der Waals surface area contributed by atoms with E-state index in [-0.39, 0.29) is 5.97 Å². The number of esters is 1. The normalized spacial score (nSPS) is 14.7. The number of carbonyl (C=O) groups excluding carboxylic acids is 1. The molecule has 0 aliphatic carbocycles. The van der Waals surface area contributed by atoms with Crippen molar-refractivity contribution in [2.24, 2.45) is 4.99 Å². The number of benzene rings is 1. The van der Waals surface area contributed by atoms with Gasteiger partial charge in [-0.3, -0.25) is 10.1 Å². The molecular formula is C14H16N3O2. The standard InChI is InChI=1S/C14H16N3O2/c1-19-14(18)13(7-12-9-15-10-17-12)16-8-11-5-3-2-4-6-11/h2-6,9-10,13,16H,7-8H2,1H3. The Hall–Kier alpha value is -2.14. The topological polar surface area (TPSA) is 64.8 Å². The minimum absolute atomic E-state index is 0.293. The molecule has 5 heteroatoms. The SMILES string of the molecule is COC(=O)C(CC1=CN=C[N]1)NCc1ccccc1. The first-order valence-corrected chi connectivity index (χ1v) is 6.06. The van der Waals surface area contributed by atoms with Crippen molar-refractivity contribution in [1.82, 2.24) is 10.6 Å². The molecule has 1 radical (unpaired) electrons. The number of hydrogen-bond acceptors (Lipinski definition) is 4. The van der Waals surface area contributed by atoms with Gasteiger partial charge in [0, 0.05) is 13.0 Å². The maximum Gasteiger partial charge on any atom is 0.323 e. The van der Waals surface area contributed by atoms with Crippen LogP contribution < -0.4 is 10.6 Å². The van der Waals surface area contributed by atoms with Crippen LogP contribution >= 0.6 is 0 Å². The first kappa shape index (κ1) is 13.3. The Morgan fingerprint density at radius 2 is 2.16 bits per heavy atom. The van der Waals surface area contributed by atoms with Gasteiger partial charge in [-0.05, 0) is 5.56 Å². The summed E-state index contributed by atoms with van der Waals surface area (Å²) in [5.74, 6) is -0.293. The van der Waals surface area contributed by atoms with E-state index < -0.39 is 6.04 Å². The number of nitrogens with zero attached hydrogens (tertiary/aromatic N) is 2. The molecule has 0 bridgehead atoms. The van der Waals surface area contributed by atoms with Crippen LogP contribution in [0.4, 0.5) is 0 Å². The molecule has 1 aliphatic heterocycles. The van der Waals surface area contributed by atoms with Crippen LogP contribution in [0.25, 0.3) is 0 Å². The van der Waals surface area contributed by atoms with Crippen LogP contribution in [0.1, 0.15) is 12.0 Å². The van der Waals surface area contributed by atoms with Gasteiger partial charge in [0.05, 0.1) is 19.0 Å². The zero-order valence-electron chi connectivity index (χ0n) is 10.7. The van der Waals surface area contributed by atoms with Gasteiger partial charge < -0.3 is 4.74 Å². The monoisotopic (exact) mass is 258 g/mol. The third kappa shape index (κ3) is 3.93. The van der Waals surface area contributed by atoms with Gasteiger partial charge in [-0.1, -0.05) is 30.3 Å². The van der Waals surface area contributed by atoms with Crippen LogP contribution in [-0.4, -0.2) is 25.5 Å². The van der Waals surface area contributed by atoms with Crippen molar-refractivity contribution in [2.75, 3.05) is 7.11 Å². The fourth-order valence-electron chi connectivity index (χ4n) is 1.79. The van der Waals surface area contributed by atoms with Crippen LogP contribution in [0.5, 0.6) is 0 Å². The molecule has 0 saturated carbocycles. The lowest BCUT2D eigenvalue weighted by Gasteiger charge is -2.16. The molecule has 2 rings (SSSR count). The smallest absolute Gasteiger partial charge is 0.323 e. The summed E-state index contributed by atoms with van der Waals surface area (Å²) in [4.78, 5) is 15.6. The van der Waals surface area contributed by atoms with E-state index in [0.717, 1.165) is 11.3 Å². The van der Waals surface area contributed by atoms with E-state index in [0.29, 0.717) is 13.0 Å². The second-order valence-corrected chi connectivity index (χ2v) is 4.16. The van der Waals surface area contributed by atoms with Crippen molar-refractivity contribution >= 4 is 12.3 Å². The van der Waals surface area contributed by atoms with Crippen molar-refractivity contribution in [3.8, 4) is 0 Å². The third-order valence-corrected chi connectivity index (χ3v) is 2.81. The molecule has 1 unspecified atom stereocenters.